The maximum absolute atomic E-state index is 5.82. The van der Waals surface area contributed by atoms with Crippen molar-refractivity contribution in [2.75, 3.05) is 0 Å². The molecule has 0 aliphatic heterocycles. The van der Waals surface area contributed by atoms with Crippen LogP contribution in [0.3, 0.4) is 0 Å². The molecule has 0 unspecified atom stereocenters. The van der Waals surface area contributed by atoms with E-state index in [1.165, 1.54) is 11.1 Å². The van der Waals surface area contributed by atoms with Crippen LogP contribution in [0.15, 0.2) is 67.0 Å². The van der Waals surface area contributed by atoms with Crippen molar-refractivity contribution in [1.29, 1.82) is 0 Å². The number of hydrogen-bond donors (Lipinski definition) is 0. The summed E-state index contributed by atoms with van der Waals surface area (Å²) in [5, 5.41) is 12.7. The van der Waals surface area contributed by atoms with Gasteiger partial charge in [-0.15, -0.1) is 10.2 Å². The summed E-state index contributed by atoms with van der Waals surface area (Å²) in [6, 6.07) is 20.0. The largest absolute Gasteiger partial charge is 0.487 e. The fraction of sp³-hybridized carbons (Fsp3) is 0.111. The summed E-state index contributed by atoms with van der Waals surface area (Å²) in [5.74, 6) is 0.806. The number of tetrazole rings is 1. The third kappa shape index (κ3) is 3.22. The SMILES string of the molecule is c1ccc2nc(COc3ccc(Cn4ncnn4)cc3)ccc2c1. The fourth-order valence-corrected chi connectivity index (χ4v) is 2.46. The first-order valence-corrected chi connectivity index (χ1v) is 7.64. The van der Waals surface area contributed by atoms with Gasteiger partial charge in [0.1, 0.15) is 12.4 Å². The molecule has 0 fully saturated rings. The predicted octanol–water partition coefficient (Wildman–Crippen LogP) is 2.85. The van der Waals surface area contributed by atoms with Gasteiger partial charge in [0.2, 0.25) is 0 Å². The fourth-order valence-electron chi connectivity index (χ4n) is 2.46. The zero-order valence-electron chi connectivity index (χ0n) is 12.9. The van der Waals surface area contributed by atoms with Crippen LogP contribution in [-0.4, -0.2) is 25.2 Å². The lowest BCUT2D eigenvalue weighted by Gasteiger charge is -2.07. The molecule has 2 heterocycles. The lowest BCUT2D eigenvalue weighted by molar-refractivity contribution is 0.301. The summed E-state index contributed by atoms with van der Waals surface area (Å²) >= 11 is 0. The highest BCUT2D eigenvalue weighted by atomic mass is 16.5. The standard InChI is InChI=1S/C18H15N5O/c1-2-4-18-15(3-1)7-8-16(21-18)12-24-17-9-5-14(6-10-17)11-23-20-13-19-22-23/h1-10,13H,11-12H2. The Bertz CT molecular complexity index is 935. The molecule has 0 spiro atoms. The maximum atomic E-state index is 5.82. The molecule has 118 valence electrons. The highest BCUT2D eigenvalue weighted by Crippen LogP contribution is 2.16. The average Bonchev–Trinajstić information content (AvgIpc) is 3.14. The summed E-state index contributed by atoms with van der Waals surface area (Å²) in [6.07, 6.45) is 1.42. The van der Waals surface area contributed by atoms with Gasteiger partial charge in [-0.3, -0.25) is 0 Å². The molecule has 0 amide bonds. The first kappa shape index (κ1) is 14.3. The summed E-state index contributed by atoms with van der Waals surface area (Å²) in [5.41, 5.74) is 2.98. The Morgan fingerprint density at radius 3 is 2.62 bits per heavy atom. The molecule has 4 rings (SSSR count). The van der Waals surface area contributed by atoms with Crippen LogP contribution < -0.4 is 4.74 Å². The van der Waals surface area contributed by atoms with Crippen molar-refractivity contribution in [3.05, 3.63) is 78.2 Å². The van der Waals surface area contributed by atoms with Crippen molar-refractivity contribution in [2.24, 2.45) is 0 Å². The average molecular weight is 317 g/mol. The smallest absolute Gasteiger partial charge is 0.162 e. The summed E-state index contributed by atoms with van der Waals surface area (Å²) < 4.78 is 5.82. The van der Waals surface area contributed by atoms with Crippen LogP contribution >= 0.6 is 0 Å². The van der Waals surface area contributed by atoms with Crippen LogP contribution in [0.25, 0.3) is 10.9 Å². The van der Waals surface area contributed by atoms with Gasteiger partial charge in [0.15, 0.2) is 6.33 Å². The number of para-hydroxylation sites is 1. The zero-order valence-corrected chi connectivity index (χ0v) is 12.9. The molecule has 0 atom stereocenters. The number of nitrogens with zero attached hydrogens (tertiary/aromatic N) is 5. The van der Waals surface area contributed by atoms with Gasteiger partial charge in [0.25, 0.3) is 0 Å². The van der Waals surface area contributed by atoms with Crippen LogP contribution in [0.5, 0.6) is 5.75 Å². The van der Waals surface area contributed by atoms with E-state index in [0.717, 1.165) is 27.9 Å². The molecule has 2 aromatic carbocycles. The van der Waals surface area contributed by atoms with Gasteiger partial charge < -0.3 is 4.74 Å². The zero-order chi connectivity index (χ0) is 16.2. The van der Waals surface area contributed by atoms with E-state index in [4.69, 9.17) is 4.74 Å². The van der Waals surface area contributed by atoms with Gasteiger partial charge in [0.05, 0.1) is 17.8 Å². The van der Waals surface area contributed by atoms with E-state index in [1.807, 2.05) is 48.5 Å². The number of aromatic nitrogens is 5. The first-order chi connectivity index (χ1) is 11.9. The monoisotopic (exact) mass is 317 g/mol. The van der Waals surface area contributed by atoms with Gasteiger partial charge in [-0.1, -0.05) is 36.4 Å². The number of rotatable bonds is 5. The molecule has 0 bridgehead atoms. The van der Waals surface area contributed by atoms with E-state index in [-0.39, 0.29) is 0 Å². The molecule has 0 radical (unpaired) electrons. The number of fused-ring (bicyclic) bond motifs is 1. The molecule has 2 aromatic heterocycles. The van der Waals surface area contributed by atoms with E-state index in [9.17, 15) is 0 Å². The van der Waals surface area contributed by atoms with Crippen molar-refractivity contribution in [1.82, 2.24) is 25.2 Å². The summed E-state index contributed by atoms with van der Waals surface area (Å²) in [6.45, 7) is 1.03. The van der Waals surface area contributed by atoms with Crippen molar-refractivity contribution in [3.8, 4) is 5.75 Å². The van der Waals surface area contributed by atoms with Crippen LogP contribution in [0.2, 0.25) is 0 Å². The van der Waals surface area contributed by atoms with Gasteiger partial charge in [0, 0.05) is 5.39 Å². The Hall–Kier alpha value is -3.28. The molecule has 0 aliphatic carbocycles. The van der Waals surface area contributed by atoms with Crippen molar-refractivity contribution in [2.45, 2.75) is 13.2 Å². The minimum absolute atomic E-state index is 0.439. The normalized spacial score (nSPS) is 10.8. The molecular formula is C18H15N5O. The van der Waals surface area contributed by atoms with E-state index in [1.54, 1.807) is 0 Å². The van der Waals surface area contributed by atoms with Crippen LogP contribution in [0.1, 0.15) is 11.3 Å². The second kappa shape index (κ2) is 6.45. The second-order valence-corrected chi connectivity index (χ2v) is 5.39. The van der Waals surface area contributed by atoms with Crippen molar-refractivity contribution in [3.63, 3.8) is 0 Å². The number of benzene rings is 2. The number of pyridine rings is 1. The Morgan fingerprint density at radius 2 is 1.79 bits per heavy atom. The predicted molar refractivity (Wildman–Crippen MR) is 89.4 cm³/mol. The number of ether oxygens (including phenoxy) is 1. The first-order valence-electron chi connectivity index (χ1n) is 7.64. The molecule has 0 saturated heterocycles. The minimum Gasteiger partial charge on any atom is -0.487 e. The minimum atomic E-state index is 0.439. The molecule has 0 N–H and O–H groups in total. The van der Waals surface area contributed by atoms with E-state index in [0.29, 0.717) is 13.2 Å². The summed E-state index contributed by atoms with van der Waals surface area (Å²) in [4.78, 5) is 6.14. The summed E-state index contributed by atoms with van der Waals surface area (Å²) in [7, 11) is 0. The van der Waals surface area contributed by atoms with Gasteiger partial charge in [-0.25, -0.2) is 4.98 Å². The van der Waals surface area contributed by atoms with Crippen LogP contribution in [0, 0.1) is 0 Å². The second-order valence-electron chi connectivity index (χ2n) is 5.39. The van der Waals surface area contributed by atoms with Crippen LogP contribution in [-0.2, 0) is 13.2 Å². The van der Waals surface area contributed by atoms with Crippen LogP contribution in [0.4, 0.5) is 0 Å². The maximum Gasteiger partial charge on any atom is 0.162 e. The number of hydrogen-bond acceptors (Lipinski definition) is 5. The highest BCUT2D eigenvalue weighted by molar-refractivity contribution is 5.78. The Kier molecular flexibility index (Phi) is 3.85. The lowest BCUT2D eigenvalue weighted by atomic mass is 10.2. The molecule has 6 heteroatoms. The Balaban J connectivity index is 1.41. The van der Waals surface area contributed by atoms with Crippen molar-refractivity contribution >= 4 is 10.9 Å². The van der Waals surface area contributed by atoms with Gasteiger partial charge in [-0.05, 0) is 35.0 Å². The lowest BCUT2D eigenvalue weighted by Crippen LogP contribution is -2.04. The molecule has 4 aromatic rings. The van der Waals surface area contributed by atoms with Gasteiger partial charge in [-0.2, -0.15) is 4.80 Å². The van der Waals surface area contributed by atoms with Crippen molar-refractivity contribution < 1.29 is 4.74 Å². The van der Waals surface area contributed by atoms with E-state index >= 15 is 0 Å². The molecule has 24 heavy (non-hydrogen) atoms. The Labute approximate surface area is 138 Å². The highest BCUT2D eigenvalue weighted by Gasteiger charge is 2.01. The third-order valence-corrected chi connectivity index (χ3v) is 3.68. The Morgan fingerprint density at radius 1 is 0.917 bits per heavy atom. The molecule has 0 aliphatic rings. The molecule has 0 saturated carbocycles. The third-order valence-electron chi connectivity index (χ3n) is 3.68. The van der Waals surface area contributed by atoms with Gasteiger partial charge >= 0.3 is 0 Å². The topological polar surface area (TPSA) is 65.7 Å². The molecular weight excluding hydrogens is 302 g/mol. The van der Waals surface area contributed by atoms with E-state index in [2.05, 4.69) is 32.5 Å². The molecule has 6 nitrogen and oxygen atoms in total. The quantitative estimate of drug-likeness (QED) is 0.566. The van der Waals surface area contributed by atoms with E-state index < -0.39 is 0 Å².